The molecular formula is C12H18N2O2. The molecule has 1 saturated carbocycles. The Morgan fingerprint density at radius 1 is 1.69 bits per heavy atom. The zero-order chi connectivity index (χ0) is 11.7. The zero-order valence-corrected chi connectivity index (χ0v) is 9.81. The van der Waals surface area contributed by atoms with Gasteiger partial charge in [-0.1, -0.05) is 13.3 Å². The molecule has 2 rings (SSSR count). The Morgan fingerprint density at radius 3 is 2.88 bits per heavy atom. The number of hydrogen-bond acceptors (Lipinski definition) is 2. The highest BCUT2D eigenvalue weighted by Crippen LogP contribution is 2.39. The highest BCUT2D eigenvalue weighted by atomic mass is 16.4. The predicted octanol–water partition coefficient (Wildman–Crippen LogP) is 2.50. The highest BCUT2D eigenvalue weighted by molar-refractivity contribution is 5.88. The molecule has 0 aromatic carbocycles. The average molecular weight is 222 g/mol. The van der Waals surface area contributed by atoms with Gasteiger partial charge in [0, 0.05) is 0 Å². The van der Waals surface area contributed by atoms with E-state index in [-0.39, 0.29) is 0 Å². The molecule has 0 spiro atoms. The maximum absolute atomic E-state index is 11.1. The fourth-order valence-corrected chi connectivity index (χ4v) is 2.18. The number of carboxylic acids is 1. The highest BCUT2D eigenvalue weighted by Gasteiger charge is 2.31. The van der Waals surface area contributed by atoms with Gasteiger partial charge in [-0.25, -0.2) is 4.79 Å². The number of aromatic nitrogens is 2. The van der Waals surface area contributed by atoms with Gasteiger partial charge in [-0.15, -0.1) is 0 Å². The zero-order valence-electron chi connectivity index (χ0n) is 9.81. The lowest BCUT2D eigenvalue weighted by atomic mass is 10.1. The number of rotatable bonds is 5. The maximum Gasteiger partial charge on any atom is 0.339 e. The van der Waals surface area contributed by atoms with Crippen molar-refractivity contribution in [3.05, 3.63) is 17.5 Å². The standard InChI is InChI=1S/C12H18N2O2/c1-3-4-11-10(12(15)16)7-13-14(11)8(2)9-5-6-9/h7-9H,3-6H2,1-2H3,(H,15,16). The Bertz CT molecular complexity index is 394. The summed E-state index contributed by atoms with van der Waals surface area (Å²) < 4.78 is 1.92. The van der Waals surface area contributed by atoms with Gasteiger partial charge in [-0.05, 0) is 32.1 Å². The molecule has 0 radical (unpaired) electrons. The first-order valence-corrected chi connectivity index (χ1v) is 5.94. The topological polar surface area (TPSA) is 55.1 Å². The third-order valence-electron chi connectivity index (χ3n) is 3.31. The number of aromatic carboxylic acids is 1. The Balaban J connectivity index is 2.32. The summed E-state index contributed by atoms with van der Waals surface area (Å²) in [5.74, 6) is -0.171. The summed E-state index contributed by atoms with van der Waals surface area (Å²) in [7, 11) is 0. The lowest BCUT2D eigenvalue weighted by molar-refractivity contribution is 0.0695. The van der Waals surface area contributed by atoms with E-state index in [9.17, 15) is 4.79 Å². The molecule has 1 aromatic heterocycles. The Labute approximate surface area is 95.3 Å². The van der Waals surface area contributed by atoms with Crippen LogP contribution in [0.1, 0.15) is 55.2 Å². The molecule has 1 heterocycles. The van der Waals surface area contributed by atoms with Crippen molar-refractivity contribution >= 4 is 5.97 Å². The molecule has 16 heavy (non-hydrogen) atoms. The molecule has 4 heteroatoms. The van der Waals surface area contributed by atoms with Crippen molar-refractivity contribution < 1.29 is 9.90 Å². The summed E-state index contributed by atoms with van der Waals surface area (Å²) in [6.07, 6.45) is 5.72. The van der Waals surface area contributed by atoms with Gasteiger partial charge in [-0.3, -0.25) is 4.68 Å². The molecule has 0 bridgehead atoms. The Hall–Kier alpha value is -1.32. The van der Waals surface area contributed by atoms with Gasteiger partial charge < -0.3 is 5.11 Å². The van der Waals surface area contributed by atoms with Gasteiger partial charge in [0.2, 0.25) is 0 Å². The van der Waals surface area contributed by atoms with Gasteiger partial charge >= 0.3 is 5.97 Å². The van der Waals surface area contributed by atoms with Crippen molar-refractivity contribution in [2.75, 3.05) is 0 Å². The summed E-state index contributed by atoms with van der Waals surface area (Å²) in [6.45, 7) is 4.19. The van der Waals surface area contributed by atoms with E-state index in [2.05, 4.69) is 18.9 Å². The van der Waals surface area contributed by atoms with E-state index in [4.69, 9.17) is 5.11 Å². The Morgan fingerprint density at radius 2 is 2.38 bits per heavy atom. The summed E-state index contributed by atoms with van der Waals surface area (Å²) in [5, 5.41) is 13.3. The maximum atomic E-state index is 11.1. The fourth-order valence-electron chi connectivity index (χ4n) is 2.18. The number of carboxylic acid groups (broad SMARTS) is 1. The van der Waals surface area contributed by atoms with Crippen molar-refractivity contribution in [1.29, 1.82) is 0 Å². The number of hydrogen-bond donors (Lipinski definition) is 1. The SMILES string of the molecule is CCCc1c(C(=O)O)cnn1C(C)C1CC1. The van der Waals surface area contributed by atoms with Crippen LogP contribution in [0.3, 0.4) is 0 Å². The van der Waals surface area contributed by atoms with Gasteiger partial charge in [-0.2, -0.15) is 5.10 Å². The first-order chi connectivity index (χ1) is 7.65. The molecule has 0 amide bonds. The van der Waals surface area contributed by atoms with Crippen LogP contribution < -0.4 is 0 Å². The van der Waals surface area contributed by atoms with Crippen molar-refractivity contribution in [1.82, 2.24) is 9.78 Å². The second-order valence-corrected chi connectivity index (χ2v) is 4.58. The van der Waals surface area contributed by atoms with Gasteiger partial charge in [0.15, 0.2) is 0 Å². The number of carbonyl (C=O) groups is 1. The molecule has 0 aliphatic heterocycles. The summed E-state index contributed by atoms with van der Waals surface area (Å²) in [6, 6.07) is 0.342. The second kappa shape index (κ2) is 4.28. The van der Waals surface area contributed by atoms with Gasteiger partial charge in [0.25, 0.3) is 0 Å². The summed E-state index contributed by atoms with van der Waals surface area (Å²) in [4.78, 5) is 11.1. The minimum absolute atomic E-state index is 0.342. The Kier molecular flexibility index (Phi) is 2.99. The normalized spacial score (nSPS) is 17.4. The quantitative estimate of drug-likeness (QED) is 0.832. The first kappa shape index (κ1) is 11.2. The van der Waals surface area contributed by atoms with Crippen LogP contribution in [0.4, 0.5) is 0 Å². The van der Waals surface area contributed by atoms with Crippen molar-refractivity contribution in [2.24, 2.45) is 5.92 Å². The molecule has 1 atom stereocenters. The third kappa shape index (κ3) is 1.96. The second-order valence-electron chi connectivity index (χ2n) is 4.58. The van der Waals surface area contributed by atoms with Crippen LogP contribution in [0.15, 0.2) is 6.20 Å². The largest absolute Gasteiger partial charge is 0.478 e. The fraction of sp³-hybridized carbons (Fsp3) is 0.667. The molecule has 1 aliphatic carbocycles. The van der Waals surface area contributed by atoms with Crippen LogP contribution >= 0.6 is 0 Å². The van der Waals surface area contributed by atoms with Crippen LogP contribution in [-0.2, 0) is 6.42 Å². The van der Waals surface area contributed by atoms with E-state index in [1.165, 1.54) is 19.0 Å². The minimum Gasteiger partial charge on any atom is -0.478 e. The van der Waals surface area contributed by atoms with Crippen LogP contribution in [0.5, 0.6) is 0 Å². The van der Waals surface area contributed by atoms with Crippen LogP contribution in [0, 0.1) is 5.92 Å². The predicted molar refractivity (Wildman–Crippen MR) is 60.6 cm³/mol. The molecule has 1 aromatic rings. The van der Waals surface area contributed by atoms with Crippen LogP contribution in [0.25, 0.3) is 0 Å². The first-order valence-electron chi connectivity index (χ1n) is 5.94. The van der Waals surface area contributed by atoms with Gasteiger partial charge in [0.1, 0.15) is 5.56 Å². The molecule has 1 aliphatic rings. The number of nitrogens with zero attached hydrogens (tertiary/aromatic N) is 2. The third-order valence-corrected chi connectivity index (χ3v) is 3.31. The van der Waals surface area contributed by atoms with Crippen molar-refractivity contribution in [3.63, 3.8) is 0 Å². The lowest BCUT2D eigenvalue weighted by Crippen LogP contribution is -2.14. The van der Waals surface area contributed by atoms with E-state index < -0.39 is 5.97 Å². The average Bonchev–Trinajstić information content (AvgIpc) is 2.99. The van der Waals surface area contributed by atoms with Crippen molar-refractivity contribution in [3.8, 4) is 0 Å². The molecular weight excluding hydrogens is 204 g/mol. The summed E-state index contributed by atoms with van der Waals surface area (Å²) >= 11 is 0. The van der Waals surface area contributed by atoms with Crippen molar-refractivity contribution in [2.45, 2.75) is 45.6 Å². The molecule has 0 saturated heterocycles. The molecule has 1 fully saturated rings. The molecule has 1 unspecified atom stereocenters. The van der Waals surface area contributed by atoms with E-state index in [0.29, 0.717) is 17.5 Å². The smallest absolute Gasteiger partial charge is 0.339 e. The van der Waals surface area contributed by atoms with Crippen LogP contribution in [-0.4, -0.2) is 20.9 Å². The van der Waals surface area contributed by atoms with Crippen LogP contribution in [0.2, 0.25) is 0 Å². The summed E-state index contributed by atoms with van der Waals surface area (Å²) in [5.41, 5.74) is 1.25. The van der Waals surface area contributed by atoms with E-state index in [1.807, 2.05) is 4.68 Å². The minimum atomic E-state index is -0.863. The van der Waals surface area contributed by atoms with E-state index >= 15 is 0 Å². The monoisotopic (exact) mass is 222 g/mol. The molecule has 1 N–H and O–H groups in total. The van der Waals surface area contributed by atoms with E-state index in [1.54, 1.807) is 0 Å². The molecule has 88 valence electrons. The van der Waals surface area contributed by atoms with E-state index in [0.717, 1.165) is 18.5 Å². The lowest BCUT2D eigenvalue weighted by Gasteiger charge is -2.15. The molecule has 4 nitrogen and oxygen atoms in total. The van der Waals surface area contributed by atoms with Gasteiger partial charge in [0.05, 0.1) is 17.9 Å².